The molecule has 4 aromatic rings. The molecule has 0 unspecified atom stereocenters. The van der Waals surface area contributed by atoms with Gasteiger partial charge in [-0.3, -0.25) is 4.79 Å². The third kappa shape index (κ3) is 3.85. The number of nitrogens with one attached hydrogen (secondary N) is 1. The molecular weight excluding hydrogens is 408 g/mol. The van der Waals surface area contributed by atoms with Crippen LogP contribution in [0.15, 0.2) is 76.6 Å². The first-order valence-electron chi connectivity index (χ1n) is 9.83. The molecule has 0 atom stereocenters. The van der Waals surface area contributed by atoms with Crippen molar-refractivity contribution in [1.29, 1.82) is 0 Å². The summed E-state index contributed by atoms with van der Waals surface area (Å²) < 4.78 is 17.7. The molecule has 0 spiro atoms. The number of hydrazone groups is 1. The van der Waals surface area contributed by atoms with Gasteiger partial charge in [0.2, 0.25) is 11.7 Å². The van der Waals surface area contributed by atoms with Crippen molar-refractivity contribution in [3.8, 4) is 22.9 Å². The minimum Gasteiger partial charge on any atom is -0.493 e. The van der Waals surface area contributed by atoms with Crippen molar-refractivity contribution in [2.24, 2.45) is 5.10 Å². The number of hydrogen-bond donors (Lipinski definition) is 1. The number of benzene rings is 3. The van der Waals surface area contributed by atoms with Gasteiger partial charge >= 0.3 is 0 Å². The largest absolute Gasteiger partial charge is 0.493 e. The van der Waals surface area contributed by atoms with Crippen LogP contribution in [0, 0.1) is 0 Å². The van der Waals surface area contributed by atoms with Gasteiger partial charge in [0.25, 0.3) is 5.56 Å². The summed E-state index contributed by atoms with van der Waals surface area (Å²) in [4.78, 5) is 17.8. The van der Waals surface area contributed by atoms with Crippen LogP contribution in [-0.4, -0.2) is 37.1 Å². The number of fused-ring (bicyclic) bond motifs is 1. The lowest BCUT2D eigenvalue weighted by atomic mass is 10.2. The molecule has 0 saturated heterocycles. The van der Waals surface area contributed by atoms with Crippen molar-refractivity contribution in [1.82, 2.24) is 9.55 Å². The van der Waals surface area contributed by atoms with Crippen molar-refractivity contribution in [2.45, 2.75) is 0 Å². The molecule has 1 N–H and O–H groups in total. The predicted molar refractivity (Wildman–Crippen MR) is 125 cm³/mol. The fourth-order valence-electron chi connectivity index (χ4n) is 3.41. The van der Waals surface area contributed by atoms with Gasteiger partial charge in [-0.15, -0.1) is 0 Å². The van der Waals surface area contributed by atoms with Crippen molar-refractivity contribution in [3.05, 3.63) is 82.6 Å². The van der Waals surface area contributed by atoms with Crippen molar-refractivity contribution in [3.63, 3.8) is 0 Å². The molecule has 0 amide bonds. The van der Waals surface area contributed by atoms with Crippen LogP contribution in [0.1, 0.15) is 5.56 Å². The van der Waals surface area contributed by atoms with Gasteiger partial charge in [-0.05, 0) is 36.4 Å². The Balaban J connectivity index is 1.77. The van der Waals surface area contributed by atoms with Crippen LogP contribution in [0.5, 0.6) is 17.2 Å². The van der Waals surface area contributed by atoms with Crippen LogP contribution in [0.3, 0.4) is 0 Å². The average molecular weight is 430 g/mol. The fraction of sp³-hybridized carbons (Fsp3) is 0.125. The van der Waals surface area contributed by atoms with E-state index in [1.165, 1.54) is 11.7 Å². The Kier molecular flexibility index (Phi) is 6.03. The number of methoxy groups -OCH3 is 3. The molecule has 8 nitrogen and oxygen atoms in total. The number of aromatic nitrogens is 2. The SMILES string of the molecule is COc1ccc(C=NNc2nc3ccccc3c(=O)n2-c2ccccc2)c(OC)c1OC. The second kappa shape index (κ2) is 9.22. The minimum atomic E-state index is -0.191. The lowest BCUT2D eigenvalue weighted by Crippen LogP contribution is -2.22. The topological polar surface area (TPSA) is 87.0 Å². The Bertz CT molecular complexity index is 1330. The maximum absolute atomic E-state index is 13.2. The van der Waals surface area contributed by atoms with Crippen LogP contribution in [-0.2, 0) is 0 Å². The minimum absolute atomic E-state index is 0.191. The molecule has 0 aliphatic heterocycles. The van der Waals surface area contributed by atoms with E-state index in [0.717, 1.165) is 0 Å². The molecule has 3 aromatic carbocycles. The molecular formula is C24H22N4O4. The van der Waals surface area contributed by atoms with Crippen LogP contribution in [0.25, 0.3) is 16.6 Å². The normalized spacial score (nSPS) is 11.0. The van der Waals surface area contributed by atoms with E-state index in [2.05, 4.69) is 15.5 Å². The Labute approximate surface area is 184 Å². The molecule has 0 radical (unpaired) electrons. The standard InChI is InChI=1S/C24H22N4O4/c1-30-20-14-13-16(21(31-2)22(20)32-3)15-25-27-24-26-19-12-8-7-11-18(19)23(29)28(24)17-9-5-4-6-10-17/h4-15H,1-3H3,(H,26,27). The summed E-state index contributed by atoms with van der Waals surface area (Å²) in [6.45, 7) is 0. The van der Waals surface area contributed by atoms with E-state index in [-0.39, 0.29) is 11.5 Å². The van der Waals surface area contributed by atoms with Gasteiger partial charge in [0, 0.05) is 5.56 Å². The first-order chi connectivity index (χ1) is 15.7. The summed E-state index contributed by atoms with van der Waals surface area (Å²) >= 11 is 0. The zero-order chi connectivity index (χ0) is 22.5. The van der Waals surface area contributed by atoms with Crippen LogP contribution in [0.4, 0.5) is 5.95 Å². The zero-order valence-electron chi connectivity index (χ0n) is 17.9. The van der Waals surface area contributed by atoms with Gasteiger partial charge in [0.1, 0.15) is 0 Å². The smallest absolute Gasteiger partial charge is 0.267 e. The van der Waals surface area contributed by atoms with Crippen molar-refractivity contribution >= 4 is 23.1 Å². The zero-order valence-corrected chi connectivity index (χ0v) is 17.9. The number of anilines is 1. The third-order valence-electron chi connectivity index (χ3n) is 4.89. The van der Waals surface area contributed by atoms with E-state index < -0.39 is 0 Å². The van der Waals surface area contributed by atoms with Crippen LogP contribution < -0.4 is 25.2 Å². The van der Waals surface area contributed by atoms with Crippen molar-refractivity contribution < 1.29 is 14.2 Å². The van der Waals surface area contributed by atoms with Crippen LogP contribution in [0.2, 0.25) is 0 Å². The van der Waals surface area contributed by atoms with Gasteiger partial charge < -0.3 is 14.2 Å². The Hall–Kier alpha value is -4.33. The molecule has 0 fully saturated rings. The van der Waals surface area contributed by atoms with Gasteiger partial charge in [0.05, 0.1) is 44.1 Å². The highest BCUT2D eigenvalue weighted by Crippen LogP contribution is 2.39. The second-order valence-electron chi connectivity index (χ2n) is 6.72. The molecule has 1 aromatic heterocycles. The van der Waals surface area contributed by atoms with Crippen molar-refractivity contribution in [2.75, 3.05) is 26.8 Å². The van der Waals surface area contributed by atoms with Gasteiger partial charge in [-0.1, -0.05) is 30.3 Å². The number of para-hydroxylation sites is 2. The Morgan fingerprint density at radius 3 is 2.31 bits per heavy atom. The van der Waals surface area contributed by atoms with E-state index in [9.17, 15) is 4.79 Å². The quantitative estimate of drug-likeness (QED) is 0.354. The summed E-state index contributed by atoms with van der Waals surface area (Å²) in [7, 11) is 4.64. The van der Waals surface area contributed by atoms with E-state index in [4.69, 9.17) is 14.2 Å². The summed E-state index contributed by atoms with van der Waals surface area (Å²) in [6.07, 6.45) is 1.57. The number of nitrogens with zero attached hydrogens (tertiary/aromatic N) is 3. The highest BCUT2D eigenvalue weighted by atomic mass is 16.5. The first kappa shape index (κ1) is 20.9. The lowest BCUT2D eigenvalue weighted by molar-refractivity contribution is 0.324. The maximum Gasteiger partial charge on any atom is 0.267 e. The van der Waals surface area contributed by atoms with E-state index in [1.54, 1.807) is 44.7 Å². The molecule has 0 aliphatic carbocycles. The first-order valence-corrected chi connectivity index (χ1v) is 9.83. The summed E-state index contributed by atoms with van der Waals surface area (Å²) in [5, 5.41) is 4.83. The molecule has 0 saturated carbocycles. The number of rotatable bonds is 7. The molecule has 0 bridgehead atoms. The molecule has 8 heteroatoms. The number of hydrogen-bond acceptors (Lipinski definition) is 7. The van der Waals surface area contributed by atoms with E-state index in [1.807, 2.05) is 42.5 Å². The van der Waals surface area contributed by atoms with Crippen LogP contribution >= 0.6 is 0 Å². The van der Waals surface area contributed by atoms with E-state index in [0.29, 0.717) is 39.4 Å². The van der Waals surface area contributed by atoms with Gasteiger partial charge in [-0.2, -0.15) is 5.10 Å². The number of ether oxygens (including phenoxy) is 3. The Morgan fingerprint density at radius 1 is 0.875 bits per heavy atom. The van der Waals surface area contributed by atoms with Gasteiger partial charge in [-0.25, -0.2) is 15.0 Å². The highest BCUT2D eigenvalue weighted by Gasteiger charge is 2.15. The second-order valence-corrected chi connectivity index (χ2v) is 6.72. The lowest BCUT2D eigenvalue weighted by Gasteiger charge is -2.14. The molecule has 0 aliphatic rings. The van der Waals surface area contributed by atoms with E-state index >= 15 is 0 Å². The monoisotopic (exact) mass is 430 g/mol. The summed E-state index contributed by atoms with van der Waals surface area (Å²) in [5.74, 6) is 1.77. The predicted octanol–water partition coefficient (Wildman–Crippen LogP) is 3.86. The van der Waals surface area contributed by atoms with Gasteiger partial charge in [0.15, 0.2) is 11.5 Å². The molecule has 162 valence electrons. The molecule has 32 heavy (non-hydrogen) atoms. The third-order valence-corrected chi connectivity index (χ3v) is 4.89. The molecule has 1 heterocycles. The summed E-state index contributed by atoms with van der Waals surface area (Å²) in [5.41, 5.74) is 4.63. The maximum atomic E-state index is 13.2. The Morgan fingerprint density at radius 2 is 1.59 bits per heavy atom. The summed E-state index contributed by atoms with van der Waals surface area (Å²) in [6, 6.07) is 20.0. The highest BCUT2D eigenvalue weighted by molar-refractivity contribution is 5.86. The average Bonchev–Trinajstić information content (AvgIpc) is 2.84. The fourth-order valence-corrected chi connectivity index (χ4v) is 3.41. The molecule has 4 rings (SSSR count).